The third-order valence-corrected chi connectivity index (χ3v) is 2.67. The fourth-order valence-corrected chi connectivity index (χ4v) is 1.71. The van der Waals surface area contributed by atoms with E-state index >= 15 is 0 Å². The number of hydrogen-bond acceptors (Lipinski definition) is 5. The van der Waals surface area contributed by atoms with Crippen molar-refractivity contribution in [2.45, 2.75) is 13.0 Å². The minimum absolute atomic E-state index is 0.226. The maximum Gasteiger partial charge on any atom is 0.373 e. The highest BCUT2D eigenvalue weighted by Crippen LogP contribution is 2.08. The molecule has 0 unspecified atom stereocenters. The quantitative estimate of drug-likeness (QED) is 0.625. The molecular weight excluding hydrogens is 246 g/mol. The average molecular weight is 263 g/mol. The summed E-state index contributed by atoms with van der Waals surface area (Å²) in [5, 5.41) is 7.52. The van der Waals surface area contributed by atoms with Gasteiger partial charge in [-0.15, -0.1) is 0 Å². The number of methoxy groups -OCH3 is 1. The highest BCUT2D eigenvalue weighted by molar-refractivity contribution is 5.86. The Kier molecular flexibility index (Phi) is 4.35. The van der Waals surface area contributed by atoms with Crippen molar-refractivity contribution in [3.05, 3.63) is 41.6 Å². The number of furan rings is 1. The SMILES string of the molecule is COC(=O)c1ccc(CNCCc2ccn(C)n2)o1. The molecule has 6 nitrogen and oxygen atoms in total. The molecular formula is C13H17N3O3. The van der Waals surface area contributed by atoms with Gasteiger partial charge >= 0.3 is 5.97 Å². The van der Waals surface area contributed by atoms with E-state index in [1.54, 1.807) is 16.8 Å². The number of nitrogens with one attached hydrogen (secondary N) is 1. The van der Waals surface area contributed by atoms with Gasteiger partial charge in [-0.25, -0.2) is 4.79 Å². The van der Waals surface area contributed by atoms with E-state index in [1.807, 2.05) is 19.3 Å². The zero-order chi connectivity index (χ0) is 13.7. The van der Waals surface area contributed by atoms with Gasteiger partial charge in [0.15, 0.2) is 0 Å². The Balaban J connectivity index is 1.73. The topological polar surface area (TPSA) is 69.3 Å². The molecule has 1 N–H and O–H groups in total. The summed E-state index contributed by atoms with van der Waals surface area (Å²) in [5.41, 5.74) is 1.05. The summed E-state index contributed by atoms with van der Waals surface area (Å²) in [5.74, 6) is 0.477. The molecule has 102 valence electrons. The van der Waals surface area contributed by atoms with Crippen molar-refractivity contribution in [2.75, 3.05) is 13.7 Å². The van der Waals surface area contributed by atoms with Gasteiger partial charge in [-0.2, -0.15) is 5.10 Å². The van der Waals surface area contributed by atoms with E-state index in [1.165, 1.54) is 7.11 Å². The zero-order valence-electron chi connectivity index (χ0n) is 11.0. The fraction of sp³-hybridized carbons (Fsp3) is 0.385. The van der Waals surface area contributed by atoms with Crippen molar-refractivity contribution in [3.63, 3.8) is 0 Å². The minimum Gasteiger partial charge on any atom is -0.463 e. The van der Waals surface area contributed by atoms with Crippen molar-refractivity contribution < 1.29 is 13.9 Å². The maximum absolute atomic E-state index is 11.2. The van der Waals surface area contributed by atoms with Gasteiger partial charge in [-0.3, -0.25) is 4.68 Å². The molecule has 2 rings (SSSR count). The van der Waals surface area contributed by atoms with E-state index in [4.69, 9.17) is 4.42 Å². The summed E-state index contributed by atoms with van der Waals surface area (Å²) in [7, 11) is 3.23. The van der Waals surface area contributed by atoms with Crippen LogP contribution in [0, 0.1) is 0 Å². The van der Waals surface area contributed by atoms with Crippen molar-refractivity contribution in [2.24, 2.45) is 7.05 Å². The second-order valence-corrected chi connectivity index (χ2v) is 4.17. The number of esters is 1. The molecule has 0 aliphatic heterocycles. The van der Waals surface area contributed by atoms with Crippen LogP contribution in [0.2, 0.25) is 0 Å². The van der Waals surface area contributed by atoms with Gasteiger partial charge in [0.05, 0.1) is 19.3 Å². The molecule has 0 radical (unpaired) electrons. The molecule has 2 heterocycles. The first-order valence-corrected chi connectivity index (χ1v) is 6.05. The van der Waals surface area contributed by atoms with Crippen LogP contribution in [0.5, 0.6) is 0 Å². The summed E-state index contributed by atoms with van der Waals surface area (Å²) in [4.78, 5) is 11.2. The lowest BCUT2D eigenvalue weighted by atomic mass is 10.3. The molecule has 0 aromatic carbocycles. The first-order chi connectivity index (χ1) is 9.19. The van der Waals surface area contributed by atoms with E-state index < -0.39 is 5.97 Å². The van der Waals surface area contributed by atoms with Gasteiger partial charge in [0.2, 0.25) is 5.76 Å². The molecule has 0 amide bonds. The van der Waals surface area contributed by atoms with E-state index in [-0.39, 0.29) is 5.76 Å². The number of hydrogen-bond donors (Lipinski definition) is 1. The molecule has 2 aromatic rings. The van der Waals surface area contributed by atoms with E-state index in [0.29, 0.717) is 12.3 Å². The third-order valence-electron chi connectivity index (χ3n) is 2.67. The summed E-state index contributed by atoms with van der Waals surface area (Å²) in [6.07, 6.45) is 2.77. The highest BCUT2D eigenvalue weighted by atomic mass is 16.5. The van der Waals surface area contributed by atoms with Gasteiger partial charge in [0, 0.05) is 26.2 Å². The lowest BCUT2D eigenvalue weighted by molar-refractivity contribution is 0.0563. The predicted octanol–water partition coefficient (Wildman–Crippen LogP) is 1.13. The number of nitrogens with zero attached hydrogens (tertiary/aromatic N) is 2. The largest absolute Gasteiger partial charge is 0.463 e. The number of aryl methyl sites for hydroxylation is 1. The summed E-state index contributed by atoms with van der Waals surface area (Å²) in [6, 6.07) is 5.37. The lowest BCUT2D eigenvalue weighted by Crippen LogP contribution is -2.16. The van der Waals surface area contributed by atoms with Crippen LogP contribution < -0.4 is 5.32 Å². The monoisotopic (exact) mass is 263 g/mol. The van der Waals surface area contributed by atoms with Crippen LogP contribution in [-0.2, 0) is 24.8 Å². The molecule has 0 saturated carbocycles. The molecule has 19 heavy (non-hydrogen) atoms. The highest BCUT2D eigenvalue weighted by Gasteiger charge is 2.10. The predicted molar refractivity (Wildman–Crippen MR) is 68.7 cm³/mol. The van der Waals surface area contributed by atoms with Gasteiger partial charge in [-0.1, -0.05) is 0 Å². The normalized spacial score (nSPS) is 10.6. The lowest BCUT2D eigenvalue weighted by Gasteiger charge is -2.00. The van der Waals surface area contributed by atoms with Crippen molar-refractivity contribution >= 4 is 5.97 Å². The summed E-state index contributed by atoms with van der Waals surface area (Å²) < 4.78 is 11.7. The van der Waals surface area contributed by atoms with Crippen LogP contribution in [0.25, 0.3) is 0 Å². The van der Waals surface area contributed by atoms with E-state index in [0.717, 1.165) is 18.7 Å². The van der Waals surface area contributed by atoms with Crippen molar-refractivity contribution in [3.8, 4) is 0 Å². The first-order valence-electron chi connectivity index (χ1n) is 6.05. The Labute approximate surface area is 111 Å². The molecule has 2 aromatic heterocycles. The molecule has 0 aliphatic rings. The molecule has 0 bridgehead atoms. The van der Waals surface area contributed by atoms with Crippen LogP contribution in [-0.4, -0.2) is 29.4 Å². The second kappa shape index (κ2) is 6.19. The molecule has 0 atom stereocenters. The van der Waals surface area contributed by atoms with Crippen LogP contribution in [0.15, 0.2) is 28.8 Å². The van der Waals surface area contributed by atoms with E-state index in [9.17, 15) is 4.79 Å². The number of carbonyl (C=O) groups excluding carboxylic acids is 1. The third kappa shape index (κ3) is 3.69. The van der Waals surface area contributed by atoms with Crippen LogP contribution >= 0.6 is 0 Å². The van der Waals surface area contributed by atoms with E-state index in [2.05, 4.69) is 15.2 Å². The minimum atomic E-state index is -0.459. The summed E-state index contributed by atoms with van der Waals surface area (Å²) >= 11 is 0. The van der Waals surface area contributed by atoms with Crippen LogP contribution in [0.3, 0.4) is 0 Å². The zero-order valence-corrected chi connectivity index (χ0v) is 11.0. The Bertz CT molecular complexity index is 545. The smallest absolute Gasteiger partial charge is 0.373 e. The van der Waals surface area contributed by atoms with Crippen molar-refractivity contribution in [1.82, 2.24) is 15.1 Å². The van der Waals surface area contributed by atoms with Crippen LogP contribution in [0.1, 0.15) is 22.0 Å². The number of carbonyl (C=O) groups is 1. The maximum atomic E-state index is 11.2. The van der Waals surface area contributed by atoms with Crippen molar-refractivity contribution in [1.29, 1.82) is 0 Å². The van der Waals surface area contributed by atoms with Gasteiger partial charge in [0.25, 0.3) is 0 Å². The average Bonchev–Trinajstić information content (AvgIpc) is 3.03. The number of aromatic nitrogens is 2. The first kappa shape index (κ1) is 13.4. The Hall–Kier alpha value is -2.08. The molecule has 0 saturated heterocycles. The Morgan fingerprint density at radius 1 is 1.47 bits per heavy atom. The second-order valence-electron chi connectivity index (χ2n) is 4.17. The van der Waals surface area contributed by atoms with Gasteiger partial charge in [0.1, 0.15) is 5.76 Å². The molecule has 6 heteroatoms. The molecule has 0 fully saturated rings. The van der Waals surface area contributed by atoms with Gasteiger partial charge in [-0.05, 0) is 18.2 Å². The Morgan fingerprint density at radius 2 is 2.32 bits per heavy atom. The Morgan fingerprint density at radius 3 is 3.00 bits per heavy atom. The number of ether oxygens (including phenoxy) is 1. The molecule has 0 aliphatic carbocycles. The van der Waals surface area contributed by atoms with Gasteiger partial charge < -0.3 is 14.5 Å². The van der Waals surface area contributed by atoms with Crippen LogP contribution in [0.4, 0.5) is 0 Å². The fourth-order valence-electron chi connectivity index (χ4n) is 1.71. The number of rotatable bonds is 6. The summed E-state index contributed by atoms with van der Waals surface area (Å²) in [6.45, 7) is 1.37. The molecule has 0 spiro atoms. The standard InChI is InChI=1S/C13H17N3O3/c1-16-8-6-10(15-16)5-7-14-9-11-3-4-12(19-11)13(17)18-2/h3-4,6,8,14H,5,7,9H2,1-2H3.